The number of ether oxygens (including phenoxy) is 1. The average Bonchev–Trinajstić information content (AvgIpc) is 3.27. The Morgan fingerprint density at radius 1 is 1.19 bits per heavy atom. The first-order valence-corrected chi connectivity index (χ1v) is 9.27. The number of fused-ring (bicyclic) bond motifs is 1. The molecule has 0 bridgehead atoms. The summed E-state index contributed by atoms with van der Waals surface area (Å²) in [6.45, 7) is 3.38. The van der Waals surface area contributed by atoms with E-state index in [0.29, 0.717) is 18.0 Å². The normalized spacial score (nSPS) is 12.7. The van der Waals surface area contributed by atoms with Crippen LogP contribution in [0.25, 0.3) is 11.3 Å². The van der Waals surface area contributed by atoms with E-state index >= 15 is 0 Å². The molecular weight excluding hydrogens is 338 g/mol. The minimum atomic E-state index is -0.0553. The van der Waals surface area contributed by atoms with Crippen LogP contribution in [0.15, 0.2) is 54.7 Å². The minimum Gasteiger partial charge on any atom is -0.495 e. The fourth-order valence-corrected chi connectivity index (χ4v) is 3.69. The molecular formula is C22H24N3O2+. The van der Waals surface area contributed by atoms with Crippen molar-refractivity contribution in [1.29, 1.82) is 0 Å². The van der Waals surface area contributed by atoms with Gasteiger partial charge in [-0.05, 0) is 25.5 Å². The van der Waals surface area contributed by atoms with Crippen LogP contribution in [0.3, 0.4) is 0 Å². The van der Waals surface area contributed by atoms with E-state index < -0.39 is 0 Å². The van der Waals surface area contributed by atoms with Crippen molar-refractivity contribution in [2.75, 3.05) is 12.4 Å². The molecule has 0 fully saturated rings. The molecule has 5 nitrogen and oxygen atoms in total. The fraction of sp³-hybridized carbons (Fsp3) is 0.273. The molecule has 0 radical (unpaired) electrons. The van der Waals surface area contributed by atoms with Crippen LogP contribution in [0.2, 0.25) is 0 Å². The van der Waals surface area contributed by atoms with Gasteiger partial charge in [-0.2, -0.15) is 0 Å². The summed E-state index contributed by atoms with van der Waals surface area (Å²) < 4.78 is 9.73. The second-order valence-corrected chi connectivity index (χ2v) is 6.93. The summed E-state index contributed by atoms with van der Waals surface area (Å²) in [7, 11) is 1.61. The fourth-order valence-electron chi connectivity index (χ4n) is 3.69. The second kappa shape index (κ2) is 7.27. The Kier molecular flexibility index (Phi) is 4.67. The van der Waals surface area contributed by atoms with Gasteiger partial charge in [-0.1, -0.05) is 42.0 Å². The van der Waals surface area contributed by atoms with Crippen molar-refractivity contribution >= 4 is 11.6 Å². The molecule has 0 atom stereocenters. The van der Waals surface area contributed by atoms with Gasteiger partial charge < -0.3 is 10.1 Å². The summed E-state index contributed by atoms with van der Waals surface area (Å²) in [5.41, 5.74) is 4.30. The number of nitrogens with one attached hydrogen (secondary N) is 1. The Morgan fingerprint density at radius 3 is 2.74 bits per heavy atom. The van der Waals surface area contributed by atoms with Crippen LogP contribution in [0.1, 0.15) is 17.8 Å². The average molecular weight is 362 g/mol. The van der Waals surface area contributed by atoms with Crippen LogP contribution < -0.4 is 14.6 Å². The first kappa shape index (κ1) is 17.3. The van der Waals surface area contributed by atoms with Crippen LogP contribution >= 0.6 is 0 Å². The van der Waals surface area contributed by atoms with Crippen molar-refractivity contribution in [3.05, 3.63) is 66.1 Å². The predicted molar refractivity (Wildman–Crippen MR) is 105 cm³/mol. The van der Waals surface area contributed by atoms with Crippen molar-refractivity contribution in [3.8, 4) is 17.0 Å². The molecule has 1 aromatic heterocycles. The Bertz CT molecular complexity index is 974. The number of anilines is 1. The SMILES string of the molecule is COc1ccccc1NC(=O)C[n+]1cc(-c2ccc(C)cc2)n2c1CCC2. The predicted octanol–water partition coefficient (Wildman–Crippen LogP) is 3.34. The highest BCUT2D eigenvalue weighted by molar-refractivity contribution is 5.91. The van der Waals surface area contributed by atoms with E-state index in [4.69, 9.17) is 4.74 Å². The Hall–Kier alpha value is -3.08. The monoisotopic (exact) mass is 362 g/mol. The number of imidazole rings is 1. The summed E-state index contributed by atoms with van der Waals surface area (Å²) in [6, 6.07) is 16.0. The minimum absolute atomic E-state index is 0.0553. The number of aryl methyl sites for hydroxylation is 1. The molecule has 0 saturated heterocycles. The van der Waals surface area contributed by atoms with Gasteiger partial charge in [0, 0.05) is 5.56 Å². The Balaban J connectivity index is 1.58. The lowest BCUT2D eigenvalue weighted by atomic mass is 10.1. The molecule has 2 heterocycles. The zero-order chi connectivity index (χ0) is 18.8. The molecule has 0 saturated carbocycles. The second-order valence-electron chi connectivity index (χ2n) is 6.93. The number of aromatic nitrogens is 2. The van der Waals surface area contributed by atoms with E-state index in [9.17, 15) is 4.79 Å². The molecule has 2 aromatic carbocycles. The van der Waals surface area contributed by atoms with Crippen LogP contribution in [0, 0.1) is 6.92 Å². The smallest absolute Gasteiger partial charge is 0.266 e. The summed E-state index contributed by atoms with van der Waals surface area (Å²) in [6.07, 6.45) is 4.21. The Labute approximate surface area is 159 Å². The third kappa shape index (κ3) is 3.45. The van der Waals surface area contributed by atoms with Crippen LogP contribution in [0.5, 0.6) is 5.75 Å². The lowest BCUT2D eigenvalue weighted by Crippen LogP contribution is -2.42. The largest absolute Gasteiger partial charge is 0.495 e. The first-order chi connectivity index (χ1) is 13.2. The number of amides is 1. The molecule has 0 unspecified atom stereocenters. The molecule has 27 heavy (non-hydrogen) atoms. The van der Waals surface area contributed by atoms with Gasteiger partial charge in [0.05, 0.1) is 25.8 Å². The van der Waals surface area contributed by atoms with E-state index in [-0.39, 0.29) is 5.91 Å². The quantitative estimate of drug-likeness (QED) is 0.708. The maximum atomic E-state index is 12.6. The molecule has 1 aliphatic heterocycles. The highest BCUT2D eigenvalue weighted by Gasteiger charge is 2.29. The van der Waals surface area contributed by atoms with Gasteiger partial charge >= 0.3 is 0 Å². The van der Waals surface area contributed by atoms with Gasteiger partial charge in [0.2, 0.25) is 0 Å². The van der Waals surface area contributed by atoms with Gasteiger partial charge in [-0.25, -0.2) is 9.13 Å². The lowest BCUT2D eigenvalue weighted by molar-refractivity contribution is -0.690. The number of nitrogens with zero attached hydrogens (tertiary/aromatic N) is 2. The highest BCUT2D eigenvalue weighted by atomic mass is 16.5. The number of rotatable bonds is 5. The standard InChI is InChI=1S/C22H23N3O2/c1-16-9-11-17(12-10-16)19-14-24(22-8-5-13-25(19)22)15-21(26)23-18-6-3-4-7-20(18)27-2/h3-4,6-7,9-12,14H,5,8,13,15H2,1-2H3/p+1. The molecule has 1 N–H and O–H groups in total. The molecule has 5 heteroatoms. The van der Waals surface area contributed by atoms with Crippen LogP contribution in [0.4, 0.5) is 5.69 Å². The van der Waals surface area contributed by atoms with E-state index in [0.717, 1.165) is 19.4 Å². The first-order valence-electron chi connectivity index (χ1n) is 9.27. The molecule has 1 aliphatic rings. The van der Waals surface area contributed by atoms with Crippen molar-refractivity contribution in [2.24, 2.45) is 0 Å². The topological polar surface area (TPSA) is 47.1 Å². The maximum absolute atomic E-state index is 12.6. The third-order valence-electron chi connectivity index (χ3n) is 5.04. The van der Waals surface area contributed by atoms with Gasteiger partial charge in [-0.3, -0.25) is 4.79 Å². The maximum Gasteiger partial charge on any atom is 0.266 e. The molecule has 1 amide bonds. The zero-order valence-electron chi connectivity index (χ0n) is 15.7. The number of benzene rings is 2. The third-order valence-corrected chi connectivity index (χ3v) is 5.04. The van der Waals surface area contributed by atoms with E-state index in [1.54, 1.807) is 7.11 Å². The summed E-state index contributed by atoms with van der Waals surface area (Å²) >= 11 is 0. The number of para-hydroxylation sites is 2. The molecule has 138 valence electrons. The number of methoxy groups -OCH3 is 1. The number of carbonyl (C=O) groups is 1. The molecule has 4 rings (SSSR count). The van der Waals surface area contributed by atoms with Gasteiger partial charge in [-0.15, -0.1) is 0 Å². The van der Waals surface area contributed by atoms with Crippen molar-refractivity contribution in [3.63, 3.8) is 0 Å². The van der Waals surface area contributed by atoms with Crippen molar-refractivity contribution in [1.82, 2.24) is 4.57 Å². The zero-order valence-corrected chi connectivity index (χ0v) is 15.7. The summed E-state index contributed by atoms with van der Waals surface area (Å²) in [4.78, 5) is 12.6. The summed E-state index contributed by atoms with van der Waals surface area (Å²) in [5.74, 6) is 1.82. The van der Waals surface area contributed by atoms with E-state index in [2.05, 4.69) is 51.8 Å². The molecule has 3 aromatic rings. The van der Waals surface area contributed by atoms with E-state index in [1.807, 2.05) is 24.3 Å². The van der Waals surface area contributed by atoms with Crippen molar-refractivity contribution in [2.45, 2.75) is 32.9 Å². The number of hydrogen-bond acceptors (Lipinski definition) is 2. The highest BCUT2D eigenvalue weighted by Crippen LogP contribution is 2.25. The van der Waals surface area contributed by atoms with E-state index in [1.165, 1.54) is 22.6 Å². The molecule has 0 spiro atoms. The Morgan fingerprint density at radius 2 is 1.96 bits per heavy atom. The van der Waals surface area contributed by atoms with Gasteiger partial charge in [0.15, 0.2) is 12.2 Å². The lowest BCUT2D eigenvalue weighted by Gasteiger charge is -2.09. The van der Waals surface area contributed by atoms with Crippen molar-refractivity contribution < 1.29 is 14.1 Å². The molecule has 0 aliphatic carbocycles. The van der Waals surface area contributed by atoms with Gasteiger partial charge in [0.1, 0.15) is 11.9 Å². The summed E-state index contributed by atoms with van der Waals surface area (Å²) in [5, 5.41) is 2.96. The van der Waals surface area contributed by atoms with Gasteiger partial charge in [0.25, 0.3) is 11.7 Å². The number of hydrogen-bond donors (Lipinski definition) is 1. The number of carbonyl (C=O) groups excluding carboxylic acids is 1. The van der Waals surface area contributed by atoms with Crippen LogP contribution in [-0.2, 0) is 24.3 Å². The van der Waals surface area contributed by atoms with Crippen LogP contribution in [-0.4, -0.2) is 17.6 Å².